The molecule has 0 unspecified atom stereocenters. The molecule has 2 nitrogen and oxygen atoms in total. The normalized spacial score (nSPS) is 11.6. The molecule has 0 saturated heterocycles. The predicted octanol–water partition coefficient (Wildman–Crippen LogP) is 4.88. The summed E-state index contributed by atoms with van der Waals surface area (Å²) in [6.07, 6.45) is 21.9. The summed E-state index contributed by atoms with van der Waals surface area (Å²) < 4.78 is 1.24. The second-order valence-electron chi connectivity index (χ2n) is 10.6. The lowest BCUT2D eigenvalue weighted by atomic mass is 10.0. The Balaban J connectivity index is -0.00000218. The number of rotatable bonds is 19. The maximum atomic E-state index is 7.00. The summed E-state index contributed by atoms with van der Waals surface area (Å²) in [5, 5.41) is 7.00. The van der Waals surface area contributed by atoms with Crippen LogP contribution in [0.15, 0.2) is 0 Å². The van der Waals surface area contributed by atoms with E-state index in [4.69, 9.17) is 5.11 Å². The van der Waals surface area contributed by atoms with Crippen molar-refractivity contribution in [3.8, 4) is 0 Å². The fourth-order valence-electron chi connectivity index (χ4n) is 3.88. The van der Waals surface area contributed by atoms with Crippen LogP contribution in [0.25, 0.3) is 0 Å². The van der Waals surface area contributed by atoms with Gasteiger partial charge >= 0.3 is 0 Å². The average Bonchev–Trinajstić information content (AvgIpc) is 2.62. The standard InChI is InChI=1S/C24H54NSi.CH4O.ClH/c1-7-8-9-10-11-12-13-14-15-16-17-18-19-20-22-25(2,3)23-21-24-26(4,5)6;1-2;/h7-24H2,1-6H3;2H,1H3;1H/q+1;;/p-1. The molecule has 0 fully saturated rings. The van der Waals surface area contributed by atoms with Gasteiger partial charge in [0.05, 0.1) is 27.2 Å². The summed E-state index contributed by atoms with van der Waals surface area (Å²) in [5.41, 5.74) is 0. The molecule has 0 bridgehead atoms. The first kappa shape index (κ1) is 34.0. The van der Waals surface area contributed by atoms with E-state index in [1.54, 1.807) is 0 Å². The highest BCUT2D eigenvalue weighted by atomic mass is 35.5. The quantitative estimate of drug-likeness (QED) is 0.168. The summed E-state index contributed by atoms with van der Waals surface area (Å²) in [6, 6.07) is 1.49. The highest BCUT2D eigenvalue weighted by Gasteiger charge is 2.18. The molecule has 4 heteroatoms. The van der Waals surface area contributed by atoms with E-state index in [9.17, 15) is 0 Å². The minimum Gasteiger partial charge on any atom is -1.00 e. The molecule has 0 spiro atoms. The van der Waals surface area contributed by atoms with Gasteiger partial charge in [-0.05, 0) is 19.3 Å². The third-order valence-corrected chi connectivity index (χ3v) is 7.66. The van der Waals surface area contributed by atoms with Gasteiger partial charge in [-0.1, -0.05) is 110 Å². The summed E-state index contributed by atoms with van der Waals surface area (Å²) >= 11 is 0. The highest BCUT2D eigenvalue weighted by Crippen LogP contribution is 2.15. The van der Waals surface area contributed by atoms with Crippen LogP contribution >= 0.6 is 0 Å². The Labute approximate surface area is 193 Å². The van der Waals surface area contributed by atoms with Crippen molar-refractivity contribution in [1.29, 1.82) is 0 Å². The van der Waals surface area contributed by atoms with E-state index in [0.717, 1.165) is 7.11 Å². The van der Waals surface area contributed by atoms with Crippen LogP contribution in [0.3, 0.4) is 0 Å². The second-order valence-corrected chi connectivity index (χ2v) is 16.3. The Morgan fingerprint density at radius 1 is 0.552 bits per heavy atom. The molecule has 0 aromatic carbocycles. The Morgan fingerprint density at radius 2 is 0.862 bits per heavy atom. The van der Waals surface area contributed by atoms with Crippen LogP contribution < -0.4 is 12.4 Å². The van der Waals surface area contributed by atoms with Gasteiger partial charge in [0.25, 0.3) is 0 Å². The van der Waals surface area contributed by atoms with Crippen LogP contribution in [0.4, 0.5) is 0 Å². The summed E-state index contributed by atoms with van der Waals surface area (Å²) in [7, 11) is 5.03. The minimum absolute atomic E-state index is 0. The van der Waals surface area contributed by atoms with Crippen molar-refractivity contribution < 1.29 is 22.0 Å². The van der Waals surface area contributed by atoms with Crippen molar-refractivity contribution in [1.82, 2.24) is 0 Å². The first-order valence-corrected chi connectivity index (χ1v) is 16.2. The van der Waals surface area contributed by atoms with Gasteiger partial charge in [0.2, 0.25) is 0 Å². The molecule has 180 valence electrons. The van der Waals surface area contributed by atoms with Gasteiger partial charge in [0, 0.05) is 15.2 Å². The molecule has 29 heavy (non-hydrogen) atoms. The number of hydrogen-bond acceptors (Lipinski definition) is 1. The highest BCUT2D eigenvalue weighted by molar-refractivity contribution is 6.76. The third-order valence-electron chi connectivity index (χ3n) is 5.81. The lowest BCUT2D eigenvalue weighted by molar-refractivity contribution is -0.890. The fraction of sp³-hybridized carbons (Fsp3) is 1.00. The average molecular weight is 452 g/mol. The van der Waals surface area contributed by atoms with Gasteiger partial charge in [-0.3, -0.25) is 0 Å². The lowest BCUT2D eigenvalue weighted by Gasteiger charge is -2.31. The smallest absolute Gasteiger partial charge is 0.0782 e. The van der Waals surface area contributed by atoms with Gasteiger partial charge in [-0.15, -0.1) is 0 Å². The van der Waals surface area contributed by atoms with E-state index in [-0.39, 0.29) is 12.4 Å². The first-order chi connectivity index (χ1) is 13.3. The van der Waals surface area contributed by atoms with Crippen molar-refractivity contribution >= 4 is 8.07 Å². The fourth-order valence-corrected chi connectivity index (χ4v) is 5.10. The van der Waals surface area contributed by atoms with E-state index < -0.39 is 8.07 Å². The molecular weight excluding hydrogens is 394 g/mol. The zero-order valence-electron chi connectivity index (χ0n) is 21.5. The molecule has 0 aliphatic rings. The molecule has 0 saturated carbocycles. The SMILES string of the molecule is CCCCCCCCCCCCCCCC[N+](C)(C)CCC[Si](C)(C)C.CO.[Cl-]. The van der Waals surface area contributed by atoms with Crippen molar-refractivity contribution in [2.24, 2.45) is 0 Å². The molecule has 0 amide bonds. The van der Waals surface area contributed by atoms with Crippen molar-refractivity contribution in [2.75, 3.05) is 34.3 Å². The number of unbranched alkanes of at least 4 members (excludes halogenated alkanes) is 13. The summed E-state index contributed by atoms with van der Waals surface area (Å²) in [5.74, 6) is 0. The number of nitrogens with zero attached hydrogens (tertiary/aromatic N) is 1. The van der Waals surface area contributed by atoms with Gasteiger partial charge in [0.1, 0.15) is 0 Å². The zero-order valence-corrected chi connectivity index (χ0v) is 23.3. The summed E-state index contributed by atoms with van der Waals surface area (Å²) in [6.45, 7) is 12.6. The van der Waals surface area contributed by atoms with Crippen molar-refractivity contribution in [2.45, 2.75) is 129 Å². The zero-order chi connectivity index (χ0) is 21.7. The molecule has 0 atom stereocenters. The van der Waals surface area contributed by atoms with Crippen LogP contribution in [0.5, 0.6) is 0 Å². The molecule has 0 aromatic heterocycles. The number of quaternary nitrogens is 1. The Kier molecular flexibility index (Phi) is 27.1. The van der Waals surface area contributed by atoms with Crippen molar-refractivity contribution in [3.05, 3.63) is 0 Å². The second kappa shape index (κ2) is 23.1. The largest absolute Gasteiger partial charge is 1.00 e. The van der Waals surface area contributed by atoms with Gasteiger partial charge in [-0.2, -0.15) is 0 Å². The number of hydrogen-bond donors (Lipinski definition) is 1. The Hall–Kier alpha value is 0.427. The molecule has 0 aromatic rings. The third kappa shape index (κ3) is 30.7. The maximum absolute atomic E-state index is 7.00. The maximum Gasteiger partial charge on any atom is 0.0782 e. The molecule has 0 rings (SSSR count). The topological polar surface area (TPSA) is 20.2 Å². The number of halogens is 1. The Bertz CT molecular complexity index is 306. The Morgan fingerprint density at radius 3 is 1.21 bits per heavy atom. The monoisotopic (exact) mass is 451 g/mol. The number of aliphatic hydroxyl groups is 1. The molecule has 1 N–H and O–H groups in total. The molecule has 0 radical (unpaired) electrons. The predicted molar refractivity (Wildman–Crippen MR) is 133 cm³/mol. The number of aliphatic hydroxyl groups excluding tert-OH is 1. The molecular formula is C25H58ClNOSi. The van der Waals surface area contributed by atoms with E-state index >= 15 is 0 Å². The molecule has 0 aliphatic heterocycles. The van der Waals surface area contributed by atoms with Crippen LogP contribution in [-0.2, 0) is 0 Å². The summed E-state index contributed by atoms with van der Waals surface area (Å²) in [4.78, 5) is 0. The van der Waals surface area contributed by atoms with Crippen LogP contribution in [0, 0.1) is 0 Å². The van der Waals surface area contributed by atoms with Gasteiger partial charge < -0.3 is 22.0 Å². The molecule has 0 heterocycles. The van der Waals surface area contributed by atoms with Gasteiger partial charge in [-0.25, -0.2) is 0 Å². The molecule has 0 aliphatic carbocycles. The van der Waals surface area contributed by atoms with Crippen molar-refractivity contribution in [3.63, 3.8) is 0 Å². The van der Waals surface area contributed by atoms with Crippen LogP contribution in [-0.4, -0.2) is 52.0 Å². The van der Waals surface area contributed by atoms with Crippen LogP contribution in [0.1, 0.15) is 103 Å². The van der Waals surface area contributed by atoms with E-state index in [0.29, 0.717) is 0 Å². The first-order valence-electron chi connectivity index (χ1n) is 12.5. The van der Waals surface area contributed by atoms with Gasteiger partial charge in [0.15, 0.2) is 0 Å². The lowest BCUT2D eigenvalue weighted by Crippen LogP contribution is -3.00. The minimum atomic E-state index is -0.840. The van der Waals surface area contributed by atoms with E-state index in [2.05, 4.69) is 40.7 Å². The van der Waals surface area contributed by atoms with E-state index in [1.165, 1.54) is 120 Å². The van der Waals surface area contributed by atoms with E-state index in [1.807, 2.05) is 0 Å². The van der Waals surface area contributed by atoms with Crippen LogP contribution in [0.2, 0.25) is 25.7 Å².